The van der Waals surface area contributed by atoms with Gasteiger partial charge in [0.05, 0.1) is 0 Å². The van der Waals surface area contributed by atoms with E-state index in [4.69, 9.17) is 5.73 Å². The molecule has 0 spiro atoms. The second-order valence-electron chi connectivity index (χ2n) is 4.40. The Kier molecular flexibility index (Phi) is 5.13. The summed E-state index contributed by atoms with van der Waals surface area (Å²) in [5, 5.41) is 0. The van der Waals surface area contributed by atoms with Crippen molar-refractivity contribution >= 4 is 12.4 Å². The number of benzene rings is 1. The highest BCUT2D eigenvalue weighted by Crippen LogP contribution is 2.31. The van der Waals surface area contributed by atoms with Crippen LogP contribution in [0.4, 0.5) is 0 Å². The summed E-state index contributed by atoms with van der Waals surface area (Å²) in [7, 11) is 0. The van der Waals surface area contributed by atoms with Gasteiger partial charge in [0.1, 0.15) is 0 Å². The molecular weight excluding hydrogens is 206 g/mol. The molecule has 0 radical (unpaired) electrons. The third-order valence-electron chi connectivity index (χ3n) is 3.29. The van der Waals surface area contributed by atoms with E-state index in [2.05, 4.69) is 24.3 Å². The Balaban J connectivity index is 0.00000112. The molecule has 0 aromatic heterocycles. The predicted octanol–water partition coefficient (Wildman–Crippen LogP) is 3.69. The van der Waals surface area contributed by atoms with Crippen molar-refractivity contribution in [2.24, 2.45) is 11.7 Å². The van der Waals surface area contributed by atoms with Crippen molar-refractivity contribution in [3.63, 3.8) is 0 Å². The lowest BCUT2D eigenvalue weighted by Crippen LogP contribution is -2.13. The molecule has 0 saturated heterocycles. The van der Waals surface area contributed by atoms with Gasteiger partial charge in [-0.05, 0) is 17.9 Å². The van der Waals surface area contributed by atoms with Crippen molar-refractivity contribution in [1.29, 1.82) is 0 Å². The highest BCUT2D eigenvalue weighted by Gasteiger charge is 2.18. The van der Waals surface area contributed by atoms with E-state index < -0.39 is 0 Å². The van der Waals surface area contributed by atoms with Crippen LogP contribution in [0.15, 0.2) is 30.3 Å². The van der Waals surface area contributed by atoms with Crippen LogP contribution in [-0.2, 0) is 0 Å². The third-order valence-corrected chi connectivity index (χ3v) is 3.29. The van der Waals surface area contributed by atoms with Gasteiger partial charge in [-0.3, -0.25) is 0 Å². The summed E-state index contributed by atoms with van der Waals surface area (Å²) in [6.45, 7) is 0. The summed E-state index contributed by atoms with van der Waals surface area (Å²) in [5.41, 5.74) is 7.47. The molecule has 1 aliphatic carbocycles. The minimum absolute atomic E-state index is 0. The predicted molar refractivity (Wildman–Crippen MR) is 67.2 cm³/mol. The molecular formula is C13H20ClN. The fourth-order valence-corrected chi connectivity index (χ4v) is 2.44. The van der Waals surface area contributed by atoms with Gasteiger partial charge in [0.15, 0.2) is 0 Å². The molecule has 0 aliphatic heterocycles. The van der Waals surface area contributed by atoms with Crippen molar-refractivity contribution in [3.8, 4) is 0 Å². The van der Waals surface area contributed by atoms with E-state index in [0.29, 0.717) is 0 Å². The molecule has 0 amide bonds. The number of nitrogens with two attached hydrogens (primary N) is 1. The Bertz CT molecular complexity index is 267. The molecule has 1 aliphatic rings. The van der Waals surface area contributed by atoms with Crippen LogP contribution < -0.4 is 5.73 Å². The molecule has 2 heteroatoms. The first-order valence-corrected chi connectivity index (χ1v) is 5.67. The Morgan fingerprint density at radius 2 is 1.73 bits per heavy atom. The van der Waals surface area contributed by atoms with Crippen molar-refractivity contribution in [1.82, 2.24) is 0 Å². The van der Waals surface area contributed by atoms with Crippen LogP contribution in [0.25, 0.3) is 0 Å². The molecule has 1 fully saturated rings. The number of hydrogen-bond acceptors (Lipinski definition) is 1. The lowest BCUT2D eigenvalue weighted by molar-refractivity contribution is 0.451. The zero-order valence-electron chi connectivity index (χ0n) is 9.06. The molecule has 1 aromatic carbocycles. The first kappa shape index (κ1) is 12.5. The second-order valence-corrected chi connectivity index (χ2v) is 4.40. The van der Waals surface area contributed by atoms with Gasteiger partial charge in [0.25, 0.3) is 0 Å². The monoisotopic (exact) mass is 225 g/mol. The maximum Gasteiger partial charge on any atom is 0.0297 e. The summed E-state index contributed by atoms with van der Waals surface area (Å²) < 4.78 is 0. The zero-order valence-corrected chi connectivity index (χ0v) is 9.88. The molecule has 1 saturated carbocycles. The fourth-order valence-electron chi connectivity index (χ4n) is 2.44. The van der Waals surface area contributed by atoms with E-state index in [-0.39, 0.29) is 18.4 Å². The maximum absolute atomic E-state index is 6.17. The van der Waals surface area contributed by atoms with Crippen molar-refractivity contribution in [3.05, 3.63) is 35.9 Å². The van der Waals surface area contributed by atoms with Gasteiger partial charge >= 0.3 is 0 Å². The number of rotatable bonds is 3. The summed E-state index contributed by atoms with van der Waals surface area (Å²) in [6.07, 6.45) is 6.77. The topological polar surface area (TPSA) is 26.0 Å². The summed E-state index contributed by atoms with van der Waals surface area (Å²) in [6, 6.07) is 10.7. The minimum atomic E-state index is 0. The molecule has 1 aromatic rings. The SMILES string of the molecule is Cl.NC(CC1CCCC1)c1ccccc1. The minimum Gasteiger partial charge on any atom is -0.324 e. The molecule has 15 heavy (non-hydrogen) atoms. The fraction of sp³-hybridized carbons (Fsp3) is 0.538. The van der Waals surface area contributed by atoms with E-state index in [1.54, 1.807) is 0 Å². The number of halogens is 1. The lowest BCUT2D eigenvalue weighted by atomic mass is 9.94. The van der Waals surface area contributed by atoms with E-state index in [1.807, 2.05) is 6.07 Å². The zero-order chi connectivity index (χ0) is 9.80. The molecule has 84 valence electrons. The molecule has 1 unspecified atom stereocenters. The van der Waals surface area contributed by atoms with Gasteiger partial charge < -0.3 is 5.73 Å². The molecule has 0 heterocycles. The average Bonchev–Trinajstić information content (AvgIpc) is 2.72. The summed E-state index contributed by atoms with van der Waals surface area (Å²) in [5.74, 6) is 0.880. The highest BCUT2D eigenvalue weighted by molar-refractivity contribution is 5.85. The highest BCUT2D eigenvalue weighted by atomic mass is 35.5. The van der Waals surface area contributed by atoms with Gasteiger partial charge in [-0.25, -0.2) is 0 Å². The van der Waals surface area contributed by atoms with Gasteiger partial charge in [0.2, 0.25) is 0 Å². The van der Waals surface area contributed by atoms with Crippen LogP contribution in [0.3, 0.4) is 0 Å². The Morgan fingerprint density at radius 1 is 1.13 bits per heavy atom. The first-order chi connectivity index (χ1) is 6.86. The van der Waals surface area contributed by atoms with E-state index in [1.165, 1.54) is 37.7 Å². The van der Waals surface area contributed by atoms with Crippen LogP contribution in [0.1, 0.15) is 43.7 Å². The number of hydrogen-bond donors (Lipinski definition) is 1. The maximum atomic E-state index is 6.17. The van der Waals surface area contributed by atoms with Crippen molar-refractivity contribution < 1.29 is 0 Å². The van der Waals surface area contributed by atoms with Crippen LogP contribution in [-0.4, -0.2) is 0 Å². The van der Waals surface area contributed by atoms with Gasteiger partial charge in [-0.1, -0.05) is 56.0 Å². The normalized spacial score (nSPS) is 18.5. The quantitative estimate of drug-likeness (QED) is 0.835. The Morgan fingerprint density at radius 3 is 2.33 bits per heavy atom. The lowest BCUT2D eigenvalue weighted by Gasteiger charge is -2.16. The first-order valence-electron chi connectivity index (χ1n) is 5.67. The smallest absolute Gasteiger partial charge is 0.0297 e. The van der Waals surface area contributed by atoms with E-state index in [0.717, 1.165) is 5.92 Å². The van der Waals surface area contributed by atoms with Crippen LogP contribution in [0.5, 0.6) is 0 Å². The summed E-state index contributed by atoms with van der Waals surface area (Å²) in [4.78, 5) is 0. The van der Waals surface area contributed by atoms with Crippen molar-refractivity contribution in [2.75, 3.05) is 0 Å². The molecule has 2 N–H and O–H groups in total. The summed E-state index contributed by atoms with van der Waals surface area (Å²) >= 11 is 0. The van der Waals surface area contributed by atoms with Gasteiger partial charge in [-0.2, -0.15) is 0 Å². The average molecular weight is 226 g/mol. The van der Waals surface area contributed by atoms with Crippen LogP contribution in [0.2, 0.25) is 0 Å². The molecule has 2 rings (SSSR count). The van der Waals surface area contributed by atoms with Crippen LogP contribution in [0, 0.1) is 5.92 Å². The second kappa shape index (κ2) is 6.14. The van der Waals surface area contributed by atoms with Gasteiger partial charge in [0, 0.05) is 6.04 Å². The van der Waals surface area contributed by atoms with Gasteiger partial charge in [-0.15, -0.1) is 12.4 Å². The molecule has 1 nitrogen and oxygen atoms in total. The third kappa shape index (κ3) is 3.51. The van der Waals surface area contributed by atoms with Crippen LogP contribution >= 0.6 is 12.4 Å². The van der Waals surface area contributed by atoms with E-state index >= 15 is 0 Å². The Hall–Kier alpha value is -0.530. The van der Waals surface area contributed by atoms with Crippen molar-refractivity contribution in [2.45, 2.75) is 38.1 Å². The largest absolute Gasteiger partial charge is 0.324 e. The Labute approximate surface area is 98.5 Å². The van der Waals surface area contributed by atoms with E-state index in [9.17, 15) is 0 Å². The standard InChI is InChI=1S/C13H19N.ClH/c14-13(10-11-6-4-5-7-11)12-8-2-1-3-9-12;/h1-3,8-9,11,13H,4-7,10,14H2;1H. The molecule has 1 atom stereocenters. The molecule has 0 bridgehead atoms.